The second-order valence-electron chi connectivity index (χ2n) is 1.19. The van der Waals surface area contributed by atoms with Crippen LogP contribution in [0.1, 0.15) is 13.3 Å². The molecule has 0 rings (SSSR count). The smallest absolute Gasteiger partial charge is 0.0718 e. The lowest BCUT2D eigenvalue weighted by molar-refractivity contribution is 0.320. The van der Waals surface area contributed by atoms with Crippen LogP contribution in [0.5, 0.6) is 0 Å². The lowest BCUT2D eigenvalue weighted by atomic mass is 10.4. The molecule has 0 bridgehead atoms. The quantitative estimate of drug-likeness (QED) is 0.255. The minimum absolute atomic E-state index is 0.120. The van der Waals surface area contributed by atoms with Gasteiger partial charge in [0.15, 0.2) is 0 Å². The predicted molar refractivity (Wildman–Crippen MR) is 30.2 cm³/mol. The standard InChI is InChI=1S/C4H8ClNO/c1-2-4(5)3-6-7/h3-4,7H,2H2,1H3/b6-3+. The van der Waals surface area contributed by atoms with E-state index >= 15 is 0 Å². The van der Waals surface area contributed by atoms with Gasteiger partial charge in [0.05, 0.1) is 11.6 Å². The molecule has 0 spiro atoms. The topological polar surface area (TPSA) is 32.6 Å². The van der Waals surface area contributed by atoms with Gasteiger partial charge in [-0.3, -0.25) is 0 Å². The Hall–Kier alpha value is -0.240. The molecule has 0 aromatic carbocycles. The Morgan fingerprint density at radius 2 is 2.57 bits per heavy atom. The summed E-state index contributed by atoms with van der Waals surface area (Å²) in [6.45, 7) is 1.92. The van der Waals surface area contributed by atoms with Gasteiger partial charge < -0.3 is 5.21 Å². The predicted octanol–water partition coefficient (Wildman–Crippen LogP) is 1.46. The van der Waals surface area contributed by atoms with E-state index in [0.717, 1.165) is 6.42 Å². The monoisotopic (exact) mass is 121 g/mol. The first-order valence-electron chi connectivity index (χ1n) is 2.13. The summed E-state index contributed by atoms with van der Waals surface area (Å²) in [5.74, 6) is 0. The molecule has 1 atom stereocenters. The molecular weight excluding hydrogens is 114 g/mol. The van der Waals surface area contributed by atoms with Crippen LogP contribution in [-0.2, 0) is 0 Å². The van der Waals surface area contributed by atoms with Crippen molar-refractivity contribution in [2.45, 2.75) is 18.7 Å². The normalized spacial score (nSPS) is 15.1. The van der Waals surface area contributed by atoms with Crippen LogP contribution in [0.3, 0.4) is 0 Å². The van der Waals surface area contributed by atoms with Crippen LogP contribution in [0.2, 0.25) is 0 Å². The third kappa shape index (κ3) is 3.59. The Kier molecular flexibility index (Phi) is 3.80. The third-order valence-corrected chi connectivity index (χ3v) is 1.04. The Labute approximate surface area is 47.8 Å². The highest BCUT2D eigenvalue weighted by Gasteiger charge is 1.91. The van der Waals surface area contributed by atoms with Crippen molar-refractivity contribution in [3.8, 4) is 0 Å². The lowest BCUT2D eigenvalue weighted by Gasteiger charge is -1.90. The van der Waals surface area contributed by atoms with E-state index in [0.29, 0.717) is 0 Å². The average molecular weight is 122 g/mol. The van der Waals surface area contributed by atoms with Crippen molar-refractivity contribution < 1.29 is 5.21 Å². The maximum Gasteiger partial charge on any atom is 0.0718 e. The van der Waals surface area contributed by atoms with Gasteiger partial charge in [0.1, 0.15) is 0 Å². The molecule has 0 aliphatic rings. The van der Waals surface area contributed by atoms with Crippen molar-refractivity contribution in [1.29, 1.82) is 0 Å². The zero-order valence-electron chi connectivity index (χ0n) is 4.13. The molecule has 0 radical (unpaired) electrons. The first kappa shape index (κ1) is 6.76. The van der Waals surface area contributed by atoms with Gasteiger partial charge in [-0.05, 0) is 6.42 Å². The zero-order valence-corrected chi connectivity index (χ0v) is 4.89. The molecule has 2 nitrogen and oxygen atoms in total. The fraction of sp³-hybridized carbons (Fsp3) is 0.750. The molecule has 42 valence electrons. The van der Waals surface area contributed by atoms with E-state index in [4.69, 9.17) is 16.8 Å². The highest BCUT2D eigenvalue weighted by molar-refractivity contribution is 6.28. The summed E-state index contributed by atoms with van der Waals surface area (Å²) in [6, 6.07) is 0. The molecule has 0 amide bonds. The highest BCUT2D eigenvalue weighted by atomic mass is 35.5. The van der Waals surface area contributed by atoms with Crippen LogP contribution in [0.15, 0.2) is 5.16 Å². The molecule has 1 unspecified atom stereocenters. The molecule has 0 fully saturated rings. The SMILES string of the molecule is CCC(Cl)/C=N/O. The van der Waals surface area contributed by atoms with Crippen molar-refractivity contribution in [3.05, 3.63) is 0 Å². The number of alkyl halides is 1. The summed E-state index contributed by atoms with van der Waals surface area (Å²) in [5, 5.41) is 10.5. The van der Waals surface area contributed by atoms with Crippen LogP contribution in [0.25, 0.3) is 0 Å². The highest BCUT2D eigenvalue weighted by Crippen LogP contribution is 1.94. The number of halogens is 1. The third-order valence-electron chi connectivity index (χ3n) is 0.618. The number of oxime groups is 1. The van der Waals surface area contributed by atoms with Crippen molar-refractivity contribution in [2.24, 2.45) is 5.16 Å². The maximum absolute atomic E-state index is 7.85. The van der Waals surface area contributed by atoms with Crippen molar-refractivity contribution in [1.82, 2.24) is 0 Å². The Morgan fingerprint density at radius 3 is 2.71 bits per heavy atom. The minimum atomic E-state index is -0.120. The van der Waals surface area contributed by atoms with Gasteiger partial charge in [-0.1, -0.05) is 6.92 Å². The fourth-order valence-electron chi connectivity index (χ4n) is 0.178. The Bertz CT molecular complexity index is 64.7. The second kappa shape index (κ2) is 3.93. The molecule has 0 saturated carbocycles. The molecular formula is C4H8ClNO. The number of rotatable bonds is 2. The first-order chi connectivity index (χ1) is 3.31. The van der Waals surface area contributed by atoms with Gasteiger partial charge >= 0.3 is 0 Å². The van der Waals surface area contributed by atoms with Crippen LogP contribution in [0, 0.1) is 0 Å². The summed E-state index contributed by atoms with van der Waals surface area (Å²) >= 11 is 5.46. The molecule has 0 saturated heterocycles. The van der Waals surface area contributed by atoms with Crippen molar-refractivity contribution in [2.75, 3.05) is 0 Å². The summed E-state index contributed by atoms with van der Waals surface area (Å²) in [4.78, 5) is 0. The van der Waals surface area contributed by atoms with Crippen molar-refractivity contribution in [3.63, 3.8) is 0 Å². The van der Waals surface area contributed by atoms with Gasteiger partial charge in [0.2, 0.25) is 0 Å². The van der Waals surface area contributed by atoms with E-state index in [-0.39, 0.29) is 5.38 Å². The molecule has 1 N–H and O–H groups in total. The largest absolute Gasteiger partial charge is 0.411 e. The molecule has 0 heterocycles. The van der Waals surface area contributed by atoms with Crippen LogP contribution in [0.4, 0.5) is 0 Å². The van der Waals surface area contributed by atoms with E-state index in [1.807, 2.05) is 6.92 Å². The molecule has 7 heavy (non-hydrogen) atoms. The number of hydrogen-bond donors (Lipinski definition) is 1. The Morgan fingerprint density at radius 1 is 2.00 bits per heavy atom. The van der Waals surface area contributed by atoms with Gasteiger partial charge in [0, 0.05) is 0 Å². The van der Waals surface area contributed by atoms with Gasteiger partial charge in [-0.2, -0.15) is 0 Å². The second-order valence-corrected chi connectivity index (χ2v) is 1.75. The van der Waals surface area contributed by atoms with E-state index in [1.165, 1.54) is 6.21 Å². The summed E-state index contributed by atoms with van der Waals surface area (Å²) in [6.07, 6.45) is 2.09. The minimum Gasteiger partial charge on any atom is -0.411 e. The molecule has 0 aliphatic heterocycles. The Balaban J connectivity index is 3.16. The molecule has 3 heteroatoms. The van der Waals surface area contributed by atoms with Crippen LogP contribution >= 0.6 is 11.6 Å². The molecule has 0 aromatic heterocycles. The molecule has 0 aromatic rings. The zero-order chi connectivity index (χ0) is 5.70. The lowest BCUT2D eigenvalue weighted by Crippen LogP contribution is -1.95. The average Bonchev–Trinajstić information content (AvgIpc) is 1.68. The van der Waals surface area contributed by atoms with Crippen LogP contribution < -0.4 is 0 Å². The van der Waals surface area contributed by atoms with Gasteiger partial charge in [0.25, 0.3) is 0 Å². The number of hydrogen-bond acceptors (Lipinski definition) is 2. The van der Waals surface area contributed by atoms with Gasteiger partial charge in [-0.15, -0.1) is 16.8 Å². The maximum atomic E-state index is 7.85. The summed E-state index contributed by atoms with van der Waals surface area (Å²) in [7, 11) is 0. The van der Waals surface area contributed by atoms with E-state index in [2.05, 4.69) is 5.16 Å². The number of nitrogens with zero attached hydrogens (tertiary/aromatic N) is 1. The van der Waals surface area contributed by atoms with E-state index < -0.39 is 0 Å². The van der Waals surface area contributed by atoms with Crippen LogP contribution in [-0.4, -0.2) is 16.8 Å². The van der Waals surface area contributed by atoms with Crippen molar-refractivity contribution >= 4 is 17.8 Å². The van der Waals surface area contributed by atoms with E-state index in [9.17, 15) is 0 Å². The summed E-state index contributed by atoms with van der Waals surface area (Å²) < 4.78 is 0. The molecule has 0 aliphatic carbocycles. The first-order valence-corrected chi connectivity index (χ1v) is 2.56. The fourth-order valence-corrected chi connectivity index (χ4v) is 0.228. The van der Waals surface area contributed by atoms with Gasteiger partial charge in [-0.25, -0.2) is 0 Å². The van der Waals surface area contributed by atoms with E-state index in [1.54, 1.807) is 0 Å². The summed E-state index contributed by atoms with van der Waals surface area (Å²) in [5.41, 5.74) is 0.